The van der Waals surface area contributed by atoms with Gasteiger partial charge in [-0.25, -0.2) is 9.78 Å². The average Bonchev–Trinajstić information content (AvgIpc) is 2.74. The highest BCUT2D eigenvalue weighted by molar-refractivity contribution is 5.75. The molecule has 5 heteroatoms. The molecular formula is C14H19N3O2. The van der Waals surface area contributed by atoms with E-state index < -0.39 is 0 Å². The van der Waals surface area contributed by atoms with Crippen molar-refractivity contribution in [3.63, 3.8) is 0 Å². The SMILES string of the molecule is CNC(=O)NCC(C)(C)c1ccc2oc(C)nc2c1. The molecule has 0 unspecified atom stereocenters. The van der Waals surface area contributed by atoms with Crippen LogP contribution in [0.15, 0.2) is 22.6 Å². The second-order valence-corrected chi connectivity index (χ2v) is 5.23. The van der Waals surface area contributed by atoms with E-state index in [9.17, 15) is 4.79 Å². The third kappa shape index (κ3) is 2.86. The molecule has 102 valence electrons. The normalized spacial score (nSPS) is 11.6. The highest BCUT2D eigenvalue weighted by Crippen LogP contribution is 2.26. The first kappa shape index (κ1) is 13.4. The molecule has 2 N–H and O–H groups in total. The second-order valence-electron chi connectivity index (χ2n) is 5.23. The number of nitrogens with one attached hydrogen (secondary N) is 2. The van der Waals surface area contributed by atoms with Gasteiger partial charge in [-0.05, 0) is 17.7 Å². The summed E-state index contributed by atoms with van der Waals surface area (Å²) < 4.78 is 5.46. The van der Waals surface area contributed by atoms with Crippen molar-refractivity contribution < 1.29 is 9.21 Å². The summed E-state index contributed by atoms with van der Waals surface area (Å²) in [4.78, 5) is 15.6. The first-order chi connectivity index (χ1) is 8.92. The van der Waals surface area contributed by atoms with E-state index in [1.165, 1.54) is 0 Å². The third-order valence-corrected chi connectivity index (χ3v) is 3.19. The van der Waals surface area contributed by atoms with E-state index in [0.717, 1.165) is 16.7 Å². The predicted molar refractivity (Wildman–Crippen MR) is 74.2 cm³/mol. The molecule has 1 aromatic heterocycles. The van der Waals surface area contributed by atoms with Crippen LogP contribution < -0.4 is 10.6 Å². The molecule has 1 aromatic carbocycles. The summed E-state index contributed by atoms with van der Waals surface area (Å²) in [5.41, 5.74) is 2.58. The Morgan fingerprint density at radius 2 is 2.16 bits per heavy atom. The molecule has 0 bridgehead atoms. The number of rotatable bonds is 3. The van der Waals surface area contributed by atoms with Crippen LogP contribution in [0.25, 0.3) is 11.1 Å². The maximum Gasteiger partial charge on any atom is 0.314 e. The van der Waals surface area contributed by atoms with Crippen LogP contribution in [0.4, 0.5) is 4.79 Å². The average molecular weight is 261 g/mol. The quantitative estimate of drug-likeness (QED) is 0.891. The summed E-state index contributed by atoms with van der Waals surface area (Å²) in [6.07, 6.45) is 0. The fraction of sp³-hybridized carbons (Fsp3) is 0.429. The van der Waals surface area contributed by atoms with Gasteiger partial charge >= 0.3 is 6.03 Å². The Kier molecular flexibility index (Phi) is 3.46. The zero-order valence-electron chi connectivity index (χ0n) is 11.7. The van der Waals surface area contributed by atoms with Crippen LogP contribution in [0.5, 0.6) is 0 Å². The van der Waals surface area contributed by atoms with Crippen molar-refractivity contribution in [1.82, 2.24) is 15.6 Å². The highest BCUT2D eigenvalue weighted by Gasteiger charge is 2.22. The van der Waals surface area contributed by atoms with E-state index in [1.54, 1.807) is 7.05 Å². The Balaban J connectivity index is 2.23. The van der Waals surface area contributed by atoms with E-state index in [-0.39, 0.29) is 11.4 Å². The van der Waals surface area contributed by atoms with Crippen molar-refractivity contribution in [2.24, 2.45) is 0 Å². The van der Waals surface area contributed by atoms with Gasteiger partial charge in [0.05, 0.1) is 0 Å². The number of nitrogens with zero attached hydrogens (tertiary/aromatic N) is 1. The van der Waals surface area contributed by atoms with E-state index in [4.69, 9.17) is 4.42 Å². The topological polar surface area (TPSA) is 67.2 Å². The van der Waals surface area contributed by atoms with E-state index in [1.807, 2.05) is 25.1 Å². The lowest BCUT2D eigenvalue weighted by atomic mass is 9.84. The smallest absolute Gasteiger partial charge is 0.314 e. The highest BCUT2D eigenvalue weighted by atomic mass is 16.3. The fourth-order valence-electron chi connectivity index (χ4n) is 1.96. The summed E-state index contributed by atoms with van der Waals surface area (Å²) in [6, 6.07) is 5.77. The molecule has 1 heterocycles. The van der Waals surface area contributed by atoms with Crippen molar-refractivity contribution in [3.05, 3.63) is 29.7 Å². The largest absolute Gasteiger partial charge is 0.441 e. The second kappa shape index (κ2) is 4.91. The number of hydrogen-bond donors (Lipinski definition) is 2. The van der Waals surface area contributed by atoms with E-state index in [2.05, 4.69) is 29.5 Å². The first-order valence-corrected chi connectivity index (χ1v) is 6.25. The van der Waals surface area contributed by atoms with Crippen molar-refractivity contribution in [2.75, 3.05) is 13.6 Å². The Morgan fingerprint density at radius 1 is 1.42 bits per heavy atom. The molecule has 0 saturated heterocycles. The van der Waals surface area contributed by atoms with Gasteiger partial charge in [-0.15, -0.1) is 0 Å². The summed E-state index contributed by atoms with van der Waals surface area (Å²) >= 11 is 0. The van der Waals surface area contributed by atoms with Crippen LogP contribution in [0.3, 0.4) is 0 Å². The molecule has 0 aliphatic carbocycles. The monoisotopic (exact) mass is 261 g/mol. The van der Waals surface area contributed by atoms with E-state index >= 15 is 0 Å². The Labute approximate surface area is 112 Å². The molecule has 0 fully saturated rings. The van der Waals surface area contributed by atoms with Gasteiger partial charge in [0.2, 0.25) is 0 Å². The van der Waals surface area contributed by atoms with Crippen molar-refractivity contribution in [1.29, 1.82) is 0 Å². The molecule has 0 aliphatic rings. The number of aromatic nitrogens is 1. The molecule has 2 amide bonds. The molecule has 0 atom stereocenters. The molecule has 2 rings (SSSR count). The lowest BCUT2D eigenvalue weighted by Crippen LogP contribution is -2.40. The van der Waals surface area contributed by atoms with Crippen LogP contribution >= 0.6 is 0 Å². The molecule has 19 heavy (non-hydrogen) atoms. The van der Waals surface area contributed by atoms with Crippen LogP contribution in [-0.4, -0.2) is 24.6 Å². The zero-order valence-corrected chi connectivity index (χ0v) is 11.7. The lowest BCUT2D eigenvalue weighted by molar-refractivity contribution is 0.240. The van der Waals surface area contributed by atoms with Gasteiger partial charge < -0.3 is 15.1 Å². The van der Waals surface area contributed by atoms with Gasteiger partial charge in [-0.2, -0.15) is 0 Å². The minimum atomic E-state index is -0.175. The van der Waals surface area contributed by atoms with Crippen molar-refractivity contribution in [2.45, 2.75) is 26.2 Å². The van der Waals surface area contributed by atoms with Crippen molar-refractivity contribution >= 4 is 17.1 Å². The minimum absolute atomic E-state index is 0.173. The van der Waals surface area contributed by atoms with Gasteiger partial charge in [0.25, 0.3) is 0 Å². The van der Waals surface area contributed by atoms with Gasteiger partial charge in [-0.1, -0.05) is 19.9 Å². The van der Waals surface area contributed by atoms with Gasteiger partial charge in [0.1, 0.15) is 5.52 Å². The third-order valence-electron chi connectivity index (χ3n) is 3.19. The predicted octanol–water partition coefficient (Wildman–Crippen LogP) is 2.34. The van der Waals surface area contributed by atoms with Crippen LogP contribution in [-0.2, 0) is 5.41 Å². The summed E-state index contributed by atoms with van der Waals surface area (Å²) in [6.45, 7) is 6.54. The first-order valence-electron chi connectivity index (χ1n) is 6.25. The van der Waals surface area contributed by atoms with Gasteiger partial charge in [0, 0.05) is 25.9 Å². The Hall–Kier alpha value is -2.04. The molecule has 0 aliphatic heterocycles. The maximum absolute atomic E-state index is 11.3. The van der Waals surface area contributed by atoms with Gasteiger partial charge in [0.15, 0.2) is 11.5 Å². The number of carbonyl (C=O) groups is 1. The van der Waals surface area contributed by atoms with E-state index in [0.29, 0.717) is 12.4 Å². The minimum Gasteiger partial charge on any atom is -0.441 e. The van der Waals surface area contributed by atoms with Gasteiger partial charge in [-0.3, -0.25) is 0 Å². The number of hydrogen-bond acceptors (Lipinski definition) is 3. The van der Waals surface area contributed by atoms with Crippen LogP contribution in [0, 0.1) is 6.92 Å². The van der Waals surface area contributed by atoms with Crippen LogP contribution in [0.2, 0.25) is 0 Å². The lowest BCUT2D eigenvalue weighted by Gasteiger charge is -2.25. The molecule has 5 nitrogen and oxygen atoms in total. The number of aryl methyl sites for hydroxylation is 1. The summed E-state index contributed by atoms with van der Waals surface area (Å²) in [7, 11) is 1.60. The van der Waals surface area contributed by atoms with Crippen LogP contribution in [0.1, 0.15) is 25.3 Å². The number of amides is 2. The molecule has 0 radical (unpaired) electrons. The number of benzene rings is 1. The molecule has 2 aromatic rings. The maximum atomic E-state index is 11.3. The summed E-state index contributed by atoms with van der Waals surface area (Å²) in [5, 5.41) is 5.38. The Morgan fingerprint density at radius 3 is 2.84 bits per heavy atom. The molecular weight excluding hydrogens is 242 g/mol. The standard InChI is InChI=1S/C14H19N3O2/c1-9-17-11-7-10(5-6-12(11)19-9)14(2,3)8-16-13(18)15-4/h5-7H,8H2,1-4H3,(H2,15,16,18). The summed E-state index contributed by atoms with van der Waals surface area (Å²) in [5.74, 6) is 0.661. The number of carbonyl (C=O) groups excluding carboxylic acids is 1. The number of fused-ring (bicyclic) bond motifs is 1. The number of oxazole rings is 1. The molecule has 0 saturated carbocycles. The number of urea groups is 1. The Bertz CT molecular complexity index is 602. The zero-order chi connectivity index (χ0) is 14.0. The van der Waals surface area contributed by atoms with Crippen molar-refractivity contribution in [3.8, 4) is 0 Å². The molecule has 0 spiro atoms. The fourth-order valence-corrected chi connectivity index (χ4v) is 1.96.